The molecule has 0 bridgehead atoms. The van der Waals surface area contributed by atoms with Crippen LogP contribution in [0.2, 0.25) is 0 Å². The van der Waals surface area contributed by atoms with Crippen molar-refractivity contribution in [2.24, 2.45) is 0 Å². The molecule has 2 aromatic rings. The molecular formula is C19H23FN4O3. The lowest BCUT2D eigenvalue weighted by Crippen LogP contribution is -2.46. The predicted molar refractivity (Wildman–Crippen MR) is 97.0 cm³/mol. The van der Waals surface area contributed by atoms with Gasteiger partial charge in [-0.25, -0.2) is 9.37 Å². The largest absolute Gasteiger partial charge is 0.379 e. The Labute approximate surface area is 156 Å². The monoisotopic (exact) mass is 374 g/mol. The lowest BCUT2D eigenvalue weighted by molar-refractivity contribution is -0.133. The summed E-state index contributed by atoms with van der Waals surface area (Å²) in [5.74, 6) is -0.586. The van der Waals surface area contributed by atoms with Gasteiger partial charge in [-0.05, 0) is 26.0 Å². The van der Waals surface area contributed by atoms with Crippen LogP contribution in [0, 0.1) is 5.82 Å². The third-order valence-electron chi connectivity index (χ3n) is 5.34. The second kappa shape index (κ2) is 7.36. The Balaban J connectivity index is 1.43. The predicted octanol–water partition coefficient (Wildman–Crippen LogP) is 1.49. The van der Waals surface area contributed by atoms with Crippen molar-refractivity contribution in [3.63, 3.8) is 0 Å². The molecule has 1 amide bonds. The van der Waals surface area contributed by atoms with Crippen LogP contribution in [0.4, 0.5) is 4.39 Å². The third-order valence-corrected chi connectivity index (χ3v) is 5.34. The summed E-state index contributed by atoms with van der Waals surface area (Å²) < 4.78 is 22.2. The number of fused-ring (bicyclic) bond motifs is 3. The van der Waals surface area contributed by atoms with Crippen molar-refractivity contribution in [1.82, 2.24) is 19.8 Å². The number of pyridine rings is 1. The van der Waals surface area contributed by atoms with Gasteiger partial charge < -0.3 is 19.5 Å². The quantitative estimate of drug-likeness (QED) is 0.612. The number of hydrogen-bond acceptors (Lipinski definition) is 5. The molecule has 7 nitrogen and oxygen atoms in total. The Morgan fingerprint density at radius 2 is 2.22 bits per heavy atom. The van der Waals surface area contributed by atoms with Gasteiger partial charge in [-0.1, -0.05) is 0 Å². The highest BCUT2D eigenvalue weighted by atomic mass is 19.1. The van der Waals surface area contributed by atoms with Crippen LogP contribution in [0.5, 0.6) is 0 Å². The molecule has 8 heteroatoms. The van der Waals surface area contributed by atoms with E-state index in [1.807, 2.05) is 0 Å². The van der Waals surface area contributed by atoms with E-state index < -0.39 is 5.82 Å². The zero-order valence-electron chi connectivity index (χ0n) is 15.3. The van der Waals surface area contributed by atoms with Crippen molar-refractivity contribution < 1.29 is 18.7 Å². The topological polar surface area (TPSA) is 76.5 Å². The molecule has 1 atom stereocenters. The van der Waals surface area contributed by atoms with Gasteiger partial charge in [0, 0.05) is 30.9 Å². The second-order valence-corrected chi connectivity index (χ2v) is 7.14. The first-order chi connectivity index (χ1) is 13.0. The van der Waals surface area contributed by atoms with Crippen LogP contribution in [0.15, 0.2) is 12.3 Å². The summed E-state index contributed by atoms with van der Waals surface area (Å²) in [7, 11) is 0. The molecule has 0 aromatic carbocycles. The fourth-order valence-corrected chi connectivity index (χ4v) is 3.55. The SMILES string of the molecule is CC(=O)c1cnc2c(c1)c(F)c1n2CCN(C(=O)CCOCC2CCN2)C1. The summed E-state index contributed by atoms with van der Waals surface area (Å²) >= 11 is 0. The Bertz CT molecular complexity index is 891. The third kappa shape index (κ3) is 3.46. The van der Waals surface area contributed by atoms with E-state index in [0.29, 0.717) is 61.1 Å². The standard InChI is InChI=1S/C19H23FN4O3/c1-12(25)13-8-15-18(20)16-10-23(5-6-24(16)19(15)22-9-13)17(26)3-7-27-11-14-2-4-21-14/h8-9,14,21H,2-7,10-11H2,1H3. The minimum absolute atomic E-state index is 0.0372. The number of carbonyl (C=O) groups is 2. The zero-order valence-corrected chi connectivity index (χ0v) is 15.3. The van der Waals surface area contributed by atoms with Gasteiger partial charge in [0.25, 0.3) is 0 Å². The van der Waals surface area contributed by atoms with Gasteiger partial charge in [0.2, 0.25) is 5.91 Å². The van der Waals surface area contributed by atoms with Crippen LogP contribution in [-0.2, 0) is 22.6 Å². The molecule has 1 N–H and O–H groups in total. The average Bonchev–Trinajstić information content (AvgIpc) is 2.91. The first-order valence-electron chi connectivity index (χ1n) is 9.31. The molecular weight excluding hydrogens is 351 g/mol. The van der Waals surface area contributed by atoms with E-state index in [4.69, 9.17) is 4.74 Å². The molecule has 1 unspecified atom stereocenters. The van der Waals surface area contributed by atoms with Gasteiger partial charge in [-0.2, -0.15) is 0 Å². The van der Waals surface area contributed by atoms with Gasteiger partial charge in [-0.3, -0.25) is 9.59 Å². The van der Waals surface area contributed by atoms with Crippen molar-refractivity contribution in [2.45, 2.75) is 38.9 Å². The van der Waals surface area contributed by atoms with Gasteiger partial charge in [0.1, 0.15) is 5.65 Å². The van der Waals surface area contributed by atoms with E-state index in [1.165, 1.54) is 13.1 Å². The second-order valence-electron chi connectivity index (χ2n) is 7.14. The highest BCUT2D eigenvalue weighted by molar-refractivity contribution is 5.97. The van der Waals surface area contributed by atoms with Gasteiger partial charge in [0.05, 0.1) is 37.3 Å². The van der Waals surface area contributed by atoms with Crippen LogP contribution in [0.25, 0.3) is 11.0 Å². The summed E-state index contributed by atoms with van der Waals surface area (Å²) in [6.07, 6.45) is 2.88. The van der Waals surface area contributed by atoms with E-state index in [9.17, 15) is 14.0 Å². The number of ether oxygens (including phenoxy) is 1. The number of ketones is 1. The number of aromatic nitrogens is 2. The minimum Gasteiger partial charge on any atom is -0.379 e. The van der Waals surface area contributed by atoms with Gasteiger partial charge >= 0.3 is 0 Å². The molecule has 4 heterocycles. The number of hydrogen-bond donors (Lipinski definition) is 1. The van der Waals surface area contributed by atoms with E-state index in [2.05, 4.69) is 10.3 Å². The van der Waals surface area contributed by atoms with Crippen molar-refractivity contribution in [2.75, 3.05) is 26.3 Å². The summed E-state index contributed by atoms with van der Waals surface area (Å²) in [6.45, 7) is 4.67. The highest BCUT2D eigenvalue weighted by Crippen LogP contribution is 2.28. The number of Topliss-reactive ketones (excluding diaryl/α,β-unsaturated/α-hetero) is 1. The van der Waals surface area contributed by atoms with Crippen molar-refractivity contribution in [3.05, 3.63) is 29.3 Å². The van der Waals surface area contributed by atoms with E-state index in [1.54, 1.807) is 15.5 Å². The molecule has 27 heavy (non-hydrogen) atoms. The maximum Gasteiger partial charge on any atom is 0.225 e. The maximum atomic E-state index is 14.9. The first kappa shape index (κ1) is 18.1. The number of amides is 1. The summed E-state index contributed by atoms with van der Waals surface area (Å²) in [4.78, 5) is 29.9. The number of carbonyl (C=O) groups excluding carboxylic acids is 2. The molecule has 0 aliphatic carbocycles. The Morgan fingerprint density at radius 3 is 2.93 bits per heavy atom. The number of nitrogens with one attached hydrogen (secondary N) is 1. The summed E-state index contributed by atoms with van der Waals surface area (Å²) in [5.41, 5.74) is 1.35. The van der Waals surface area contributed by atoms with Crippen LogP contribution in [0.3, 0.4) is 0 Å². The van der Waals surface area contributed by atoms with Crippen molar-refractivity contribution in [3.8, 4) is 0 Å². The first-order valence-corrected chi connectivity index (χ1v) is 9.31. The number of rotatable bonds is 6. The van der Waals surface area contributed by atoms with E-state index in [-0.39, 0.29) is 18.2 Å². The van der Waals surface area contributed by atoms with Crippen molar-refractivity contribution >= 4 is 22.7 Å². The summed E-state index contributed by atoms with van der Waals surface area (Å²) in [6, 6.07) is 1.95. The molecule has 1 fully saturated rings. The Hall–Kier alpha value is -2.32. The lowest BCUT2D eigenvalue weighted by Gasteiger charge is -2.29. The molecule has 144 valence electrons. The maximum absolute atomic E-state index is 14.9. The molecule has 2 aromatic heterocycles. The van der Waals surface area contributed by atoms with Crippen LogP contribution >= 0.6 is 0 Å². The molecule has 1 saturated heterocycles. The van der Waals surface area contributed by atoms with Crippen LogP contribution < -0.4 is 5.32 Å². The molecule has 0 radical (unpaired) electrons. The number of nitrogens with zero attached hydrogens (tertiary/aromatic N) is 3. The number of halogens is 1. The smallest absolute Gasteiger partial charge is 0.225 e. The Morgan fingerprint density at radius 1 is 1.41 bits per heavy atom. The zero-order chi connectivity index (χ0) is 19.0. The summed E-state index contributed by atoms with van der Waals surface area (Å²) in [5, 5.41) is 3.58. The van der Waals surface area contributed by atoms with Crippen LogP contribution in [0.1, 0.15) is 35.8 Å². The molecule has 4 rings (SSSR count). The normalized spacial score (nSPS) is 19.0. The van der Waals surface area contributed by atoms with Crippen molar-refractivity contribution in [1.29, 1.82) is 0 Å². The fraction of sp³-hybridized carbons (Fsp3) is 0.526. The lowest BCUT2D eigenvalue weighted by atomic mass is 10.1. The highest BCUT2D eigenvalue weighted by Gasteiger charge is 2.27. The molecule has 2 aliphatic heterocycles. The Kier molecular flexibility index (Phi) is 4.92. The van der Waals surface area contributed by atoms with E-state index in [0.717, 1.165) is 13.0 Å². The van der Waals surface area contributed by atoms with Gasteiger partial charge in [-0.15, -0.1) is 0 Å². The molecule has 0 saturated carbocycles. The average molecular weight is 374 g/mol. The molecule has 0 spiro atoms. The molecule has 2 aliphatic rings. The van der Waals surface area contributed by atoms with Crippen LogP contribution in [-0.4, -0.2) is 58.5 Å². The van der Waals surface area contributed by atoms with E-state index >= 15 is 0 Å². The minimum atomic E-state index is -0.398. The fourth-order valence-electron chi connectivity index (χ4n) is 3.55. The van der Waals surface area contributed by atoms with Gasteiger partial charge in [0.15, 0.2) is 11.6 Å².